The van der Waals surface area contributed by atoms with Crippen LogP contribution < -0.4 is 10.1 Å². The predicted molar refractivity (Wildman–Crippen MR) is 101 cm³/mol. The summed E-state index contributed by atoms with van der Waals surface area (Å²) in [6.07, 6.45) is 1.40. The van der Waals surface area contributed by atoms with Crippen molar-refractivity contribution in [3.05, 3.63) is 56.5 Å². The number of phenols is 1. The molecule has 0 aromatic heterocycles. The number of carbonyl (C=O) groups excluding carboxylic acids is 1. The summed E-state index contributed by atoms with van der Waals surface area (Å²) in [6.45, 7) is 1.85. The van der Waals surface area contributed by atoms with Gasteiger partial charge in [-0.25, -0.2) is 0 Å². The molecule has 2 rings (SSSR count). The van der Waals surface area contributed by atoms with Crippen LogP contribution in [0.5, 0.6) is 11.5 Å². The molecule has 2 aromatic carbocycles. The molecule has 0 saturated carbocycles. The molecule has 0 aliphatic heterocycles. The van der Waals surface area contributed by atoms with E-state index in [4.69, 9.17) is 16.3 Å². The second kappa shape index (κ2) is 8.06. The molecule has 0 radical (unpaired) electrons. The summed E-state index contributed by atoms with van der Waals surface area (Å²) < 4.78 is 5.56. The van der Waals surface area contributed by atoms with Gasteiger partial charge in [-0.1, -0.05) is 33.6 Å². The predicted octanol–water partition coefficient (Wildman–Crippen LogP) is 4.67. The van der Waals surface area contributed by atoms with Crippen molar-refractivity contribution in [1.82, 2.24) is 0 Å². The molecule has 0 bridgehead atoms. The van der Waals surface area contributed by atoms with Crippen LogP contribution in [-0.4, -0.2) is 18.1 Å². The molecule has 7 heteroatoms. The number of anilines is 1. The Labute approximate surface area is 158 Å². The van der Waals surface area contributed by atoms with Crippen LogP contribution in [0.1, 0.15) is 11.1 Å². The molecule has 128 valence electrons. The third-order valence-electron chi connectivity index (χ3n) is 3.39. The lowest BCUT2D eigenvalue weighted by molar-refractivity contribution is -0.112. The number of rotatable bonds is 4. The van der Waals surface area contributed by atoms with Gasteiger partial charge in [0.25, 0.3) is 5.91 Å². The molecule has 0 atom stereocenters. The van der Waals surface area contributed by atoms with Crippen LogP contribution in [0.4, 0.5) is 5.69 Å². The Morgan fingerprint density at radius 1 is 1.40 bits per heavy atom. The van der Waals surface area contributed by atoms with Crippen molar-refractivity contribution < 1.29 is 14.6 Å². The first kappa shape index (κ1) is 18.8. The molecule has 0 spiro atoms. The second-order valence-corrected chi connectivity index (χ2v) is 6.40. The average molecular weight is 422 g/mol. The Hall–Kier alpha value is -2.49. The monoisotopic (exact) mass is 420 g/mol. The van der Waals surface area contributed by atoms with Crippen molar-refractivity contribution in [3.63, 3.8) is 0 Å². The number of benzene rings is 2. The van der Waals surface area contributed by atoms with Gasteiger partial charge in [-0.05, 0) is 48.4 Å². The van der Waals surface area contributed by atoms with Crippen LogP contribution in [0, 0.1) is 18.3 Å². The Balaban J connectivity index is 2.32. The van der Waals surface area contributed by atoms with Gasteiger partial charge < -0.3 is 15.2 Å². The number of halogens is 2. The van der Waals surface area contributed by atoms with E-state index < -0.39 is 5.91 Å². The highest BCUT2D eigenvalue weighted by Gasteiger charge is 2.13. The molecule has 25 heavy (non-hydrogen) atoms. The Morgan fingerprint density at radius 2 is 2.12 bits per heavy atom. The lowest BCUT2D eigenvalue weighted by atomic mass is 10.1. The summed E-state index contributed by atoms with van der Waals surface area (Å²) in [5, 5.41) is 22.2. The van der Waals surface area contributed by atoms with Crippen molar-refractivity contribution in [1.29, 1.82) is 5.26 Å². The zero-order valence-electron chi connectivity index (χ0n) is 13.4. The molecular formula is C18H14BrClN2O3. The van der Waals surface area contributed by atoms with Gasteiger partial charge in [0.05, 0.1) is 7.11 Å². The minimum absolute atomic E-state index is 0.0521. The SMILES string of the molecule is COc1cc(/C=C(/C#N)C(=O)Nc2ccc(C)c(Cl)c2)c(Br)cc1O. The number of nitrogens with zero attached hydrogens (tertiary/aromatic N) is 1. The number of aryl methyl sites for hydroxylation is 1. The summed E-state index contributed by atoms with van der Waals surface area (Å²) in [7, 11) is 1.41. The van der Waals surface area contributed by atoms with Gasteiger partial charge in [-0.3, -0.25) is 4.79 Å². The van der Waals surface area contributed by atoms with Crippen molar-refractivity contribution >= 4 is 45.2 Å². The molecule has 1 amide bonds. The maximum Gasteiger partial charge on any atom is 0.266 e. The molecule has 0 aliphatic carbocycles. The van der Waals surface area contributed by atoms with E-state index in [1.807, 2.05) is 13.0 Å². The van der Waals surface area contributed by atoms with E-state index in [0.29, 0.717) is 20.7 Å². The van der Waals surface area contributed by atoms with E-state index in [0.717, 1.165) is 5.56 Å². The molecular weight excluding hydrogens is 408 g/mol. The van der Waals surface area contributed by atoms with Crippen molar-refractivity contribution in [2.45, 2.75) is 6.92 Å². The van der Waals surface area contributed by atoms with E-state index in [1.165, 1.54) is 25.3 Å². The maximum absolute atomic E-state index is 12.3. The van der Waals surface area contributed by atoms with Gasteiger partial charge in [0.1, 0.15) is 11.6 Å². The molecule has 0 saturated heterocycles. The van der Waals surface area contributed by atoms with Gasteiger partial charge in [0.2, 0.25) is 0 Å². The van der Waals surface area contributed by atoms with Gasteiger partial charge in [-0.2, -0.15) is 5.26 Å². The fourth-order valence-corrected chi connectivity index (χ4v) is 2.63. The van der Waals surface area contributed by atoms with Crippen molar-refractivity contribution in [2.24, 2.45) is 0 Å². The van der Waals surface area contributed by atoms with E-state index in [2.05, 4.69) is 21.2 Å². The van der Waals surface area contributed by atoms with E-state index in [1.54, 1.807) is 18.2 Å². The summed E-state index contributed by atoms with van der Waals surface area (Å²) in [5.74, 6) is -0.386. The topological polar surface area (TPSA) is 82.3 Å². The average Bonchev–Trinajstić information content (AvgIpc) is 2.57. The number of phenolic OH excluding ortho intramolecular Hbond substituents is 1. The minimum Gasteiger partial charge on any atom is -0.504 e. The van der Waals surface area contributed by atoms with Gasteiger partial charge in [0.15, 0.2) is 11.5 Å². The minimum atomic E-state index is -0.568. The van der Waals surface area contributed by atoms with Gasteiger partial charge >= 0.3 is 0 Å². The Bertz CT molecular complexity index is 904. The first-order chi connectivity index (χ1) is 11.8. The largest absolute Gasteiger partial charge is 0.504 e. The third kappa shape index (κ3) is 4.53. The summed E-state index contributed by atoms with van der Waals surface area (Å²) in [4.78, 5) is 12.3. The highest BCUT2D eigenvalue weighted by molar-refractivity contribution is 9.10. The number of hydrogen-bond acceptors (Lipinski definition) is 4. The highest BCUT2D eigenvalue weighted by atomic mass is 79.9. The van der Waals surface area contributed by atoms with E-state index >= 15 is 0 Å². The summed E-state index contributed by atoms with van der Waals surface area (Å²) in [6, 6.07) is 9.91. The molecule has 5 nitrogen and oxygen atoms in total. The van der Waals surface area contributed by atoms with Crippen molar-refractivity contribution in [3.8, 4) is 17.6 Å². The van der Waals surface area contributed by atoms with Crippen LogP contribution in [0.15, 0.2) is 40.4 Å². The second-order valence-electron chi connectivity index (χ2n) is 5.13. The highest BCUT2D eigenvalue weighted by Crippen LogP contribution is 2.33. The van der Waals surface area contributed by atoms with Crippen LogP contribution in [0.3, 0.4) is 0 Å². The number of aromatic hydroxyl groups is 1. The number of hydrogen-bond donors (Lipinski definition) is 2. The Morgan fingerprint density at radius 3 is 2.72 bits per heavy atom. The van der Waals surface area contributed by atoms with E-state index in [9.17, 15) is 15.2 Å². The van der Waals surface area contributed by atoms with Gasteiger partial charge in [0, 0.05) is 15.2 Å². The molecule has 0 fully saturated rings. The molecule has 2 aromatic rings. The number of ether oxygens (including phenoxy) is 1. The quantitative estimate of drug-likeness (QED) is 0.555. The maximum atomic E-state index is 12.3. The first-order valence-electron chi connectivity index (χ1n) is 7.11. The number of amides is 1. The van der Waals surface area contributed by atoms with Crippen LogP contribution in [0.2, 0.25) is 5.02 Å². The fourth-order valence-electron chi connectivity index (χ4n) is 2.01. The van der Waals surface area contributed by atoms with Crippen LogP contribution >= 0.6 is 27.5 Å². The third-order valence-corrected chi connectivity index (χ3v) is 4.49. The molecule has 0 heterocycles. The molecule has 0 unspecified atom stereocenters. The number of carbonyl (C=O) groups is 1. The standard InChI is InChI=1S/C18H14BrClN2O3/c1-10-3-4-13(7-15(10)20)22-18(24)12(9-21)5-11-6-17(25-2)16(23)8-14(11)19/h3-8,23H,1-2H3,(H,22,24)/b12-5-. The molecule has 2 N–H and O–H groups in total. The van der Waals surface area contributed by atoms with Crippen LogP contribution in [-0.2, 0) is 4.79 Å². The molecule has 0 aliphatic rings. The zero-order valence-corrected chi connectivity index (χ0v) is 15.8. The van der Waals surface area contributed by atoms with Crippen LogP contribution in [0.25, 0.3) is 6.08 Å². The van der Waals surface area contributed by atoms with Crippen molar-refractivity contribution in [2.75, 3.05) is 12.4 Å². The zero-order chi connectivity index (χ0) is 18.6. The number of nitrogens with one attached hydrogen (secondary N) is 1. The van der Waals surface area contributed by atoms with E-state index in [-0.39, 0.29) is 17.1 Å². The number of methoxy groups -OCH3 is 1. The smallest absolute Gasteiger partial charge is 0.266 e. The first-order valence-corrected chi connectivity index (χ1v) is 8.28. The summed E-state index contributed by atoms with van der Waals surface area (Å²) in [5.41, 5.74) is 1.79. The number of nitriles is 1. The fraction of sp³-hybridized carbons (Fsp3) is 0.111. The summed E-state index contributed by atoms with van der Waals surface area (Å²) >= 11 is 9.32. The normalized spacial score (nSPS) is 10.9. The lowest BCUT2D eigenvalue weighted by Crippen LogP contribution is -2.13. The van der Waals surface area contributed by atoms with Gasteiger partial charge in [-0.15, -0.1) is 0 Å². The lowest BCUT2D eigenvalue weighted by Gasteiger charge is -2.08. The Kier molecular flexibility index (Phi) is 6.07.